The van der Waals surface area contributed by atoms with Crippen molar-refractivity contribution in [3.63, 3.8) is 0 Å². The summed E-state index contributed by atoms with van der Waals surface area (Å²) < 4.78 is 0. The van der Waals surface area contributed by atoms with Crippen LogP contribution in [0.3, 0.4) is 0 Å². The lowest BCUT2D eigenvalue weighted by molar-refractivity contribution is -0.131. The second-order valence-corrected chi connectivity index (χ2v) is 2.95. The number of hydrogen-bond acceptors (Lipinski definition) is 2. The lowest BCUT2D eigenvalue weighted by atomic mass is 10.6. The van der Waals surface area contributed by atoms with Crippen molar-refractivity contribution in [2.24, 2.45) is 0 Å². The van der Waals surface area contributed by atoms with Gasteiger partial charge in [0.1, 0.15) is 0 Å². The highest BCUT2D eigenvalue weighted by Gasteiger charge is 2.06. The van der Waals surface area contributed by atoms with E-state index in [9.17, 15) is 9.59 Å². The van der Waals surface area contributed by atoms with Gasteiger partial charge in [0.25, 0.3) is 0 Å². The Bertz CT molecular complexity index is 393. The quantitative estimate of drug-likeness (QED) is 0.728. The van der Waals surface area contributed by atoms with Gasteiger partial charge in [-0.3, -0.25) is 4.79 Å². The van der Waals surface area contributed by atoms with Crippen LogP contribution in [0.25, 0.3) is 11.1 Å². The standard InChI is InChI=1S/C6H4.C5H7NO3/c1-2-5-4-6(5)3-1;1-4(7)6-3-2-5(8)9/h1-4H;2-3H,1H3,(H,6,7)(H,8,9). The first kappa shape index (κ1) is 11.0. The second kappa shape index (κ2) is 4.95. The number of nitrogens with one attached hydrogen (secondary N) is 1. The zero-order valence-corrected chi connectivity index (χ0v) is 8.23. The summed E-state index contributed by atoms with van der Waals surface area (Å²) in [6.07, 6.45) is 1.92. The molecule has 0 aromatic rings. The Kier molecular flexibility index (Phi) is 3.62. The van der Waals surface area contributed by atoms with E-state index < -0.39 is 5.97 Å². The Labute approximate surface area is 87.2 Å². The lowest BCUT2D eigenvalue weighted by Crippen LogP contribution is -2.12. The molecule has 2 aliphatic rings. The summed E-state index contributed by atoms with van der Waals surface area (Å²) in [5, 5.41) is 10.2. The number of carboxylic acids is 1. The minimum atomic E-state index is -1.08. The van der Waals surface area contributed by atoms with Crippen molar-refractivity contribution in [3.05, 3.63) is 36.5 Å². The molecule has 1 amide bonds. The Morgan fingerprint density at radius 1 is 1.33 bits per heavy atom. The SMILES string of the molecule is CC(=O)NC=CC(=O)O.c1cc2cc-2c1. The number of carbonyl (C=O) groups excluding carboxylic acids is 1. The third-order valence-electron chi connectivity index (χ3n) is 1.63. The van der Waals surface area contributed by atoms with Gasteiger partial charge in [-0.1, -0.05) is 18.2 Å². The highest BCUT2D eigenvalue weighted by molar-refractivity contribution is 5.81. The minimum absolute atomic E-state index is 0.285. The number of rotatable bonds is 2. The number of carbonyl (C=O) groups is 2. The molecule has 15 heavy (non-hydrogen) atoms. The van der Waals surface area contributed by atoms with Gasteiger partial charge >= 0.3 is 5.97 Å². The molecule has 2 rings (SSSR count). The van der Waals surface area contributed by atoms with Crippen LogP contribution in [-0.2, 0) is 9.59 Å². The van der Waals surface area contributed by atoms with Gasteiger partial charge in [0, 0.05) is 19.2 Å². The average Bonchev–Trinajstić information content (AvgIpc) is 2.73. The monoisotopic (exact) mass is 205 g/mol. The van der Waals surface area contributed by atoms with Crippen LogP contribution in [0, 0.1) is 0 Å². The van der Waals surface area contributed by atoms with E-state index in [2.05, 4.69) is 29.6 Å². The fraction of sp³-hybridized carbons (Fsp3) is 0.0909. The van der Waals surface area contributed by atoms with Crippen LogP contribution < -0.4 is 5.32 Å². The molecule has 0 saturated carbocycles. The molecule has 0 aliphatic heterocycles. The van der Waals surface area contributed by atoms with E-state index in [1.807, 2.05) is 0 Å². The Hall–Kier alpha value is -2.10. The van der Waals surface area contributed by atoms with E-state index in [0.717, 1.165) is 12.3 Å². The summed E-state index contributed by atoms with van der Waals surface area (Å²) in [6.45, 7) is 1.30. The molecule has 0 aromatic carbocycles. The molecule has 0 fully saturated rings. The van der Waals surface area contributed by atoms with Crippen molar-refractivity contribution in [2.75, 3.05) is 0 Å². The van der Waals surface area contributed by atoms with Gasteiger partial charge in [0.15, 0.2) is 0 Å². The molecule has 0 spiro atoms. The van der Waals surface area contributed by atoms with Crippen LogP contribution in [0.15, 0.2) is 36.5 Å². The molecule has 0 saturated heterocycles. The van der Waals surface area contributed by atoms with E-state index in [4.69, 9.17) is 5.11 Å². The Balaban J connectivity index is 0.000000158. The number of fused-ring (bicyclic) bond motifs is 1. The number of amides is 1. The maximum atomic E-state index is 10.1. The van der Waals surface area contributed by atoms with Crippen molar-refractivity contribution in [1.29, 1.82) is 0 Å². The zero-order valence-electron chi connectivity index (χ0n) is 8.23. The Morgan fingerprint density at radius 3 is 2.20 bits per heavy atom. The second-order valence-electron chi connectivity index (χ2n) is 2.95. The number of hydrogen-bond donors (Lipinski definition) is 2. The average molecular weight is 205 g/mol. The molecule has 0 bridgehead atoms. The largest absolute Gasteiger partial charge is 0.478 e. The fourth-order valence-corrected chi connectivity index (χ4v) is 0.906. The van der Waals surface area contributed by atoms with Gasteiger partial charge < -0.3 is 10.4 Å². The first-order valence-electron chi connectivity index (χ1n) is 4.36. The fourth-order valence-electron chi connectivity index (χ4n) is 0.906. The van der Waals surface area contributed by atoms with Gasteiger partial charge in [-0.05, 0) is 17.2 Å². The maximum absolute atomic E-state index is 10.1. The van der Waals surface area contributed by atoms with Crippen molar-refractivity contribution in [1.82, 2.24) is 5.32 Å². The third kappa shape index (κ3) is 4.61. The third-order valence-corrected chi connectivity index (χ3v) is 1.63. The number of aliphatic carboxylic acids is 1. The summed E-state index contributed by atoms with van der Waals surface area (Å²) in [4.78, 5) is 19.8. The summed E-state index contributed by atoms with van der Waals surface area (Å²) in [5.41, 5.74) is 2.85. The molecule has 2 N–H and O–H groups in total. The molecule has 2 aliphatic carbocycles. The molecular formula is C11H11NO3. The topological polar surface area (TPSA) is 66.4 Å². The summed E-state index contributed by atoms with van der Waals surface area (Å²) in [6, 6.07) is 8.48. The van der Waals surface area contributed by atoms with Crippen molar-refractivity contribution in [2.45, 2.75) is 6.92 Å². The highest BCUT2D eigenvalue weighted by atomic mass is 16.4. The van der Waals surface area contributed by atoms with Crippen LogP contribution in [0.2, 0.25) is 0 Å². The van der Waals surface area contributed by atoms with Crippen molar-refractivity contribution >= 4 is 11.9 Å². The molecule has 4 heteroatoms. The van der Waals surface area contributed by atoms with Crippen LogP contribution in [0.5, 0.6) is 0 Å². The van der Waals surface area contributed by atoms with E-state index in [1.165, 1.54) is 18.1 Å². The maximum Gasteiger partial charge on any atom is 0.329 e. The molecular weight excluding hydrogens is 194 g/mol. The molecule has 0 aromatic heterocycles. The van der Waals surface area contributed by atoms with Crippen molar-refractivity contribution < 1.29 is 14.7 Å². The molecule has 0 radical (unpaired) electrons. The lowest BCUT2D eigenvalue weighted by Gasteiger charge is -1.86. The summed E-state index contributed by atoms with van der Waals surface area (Å²) >= 11 is 0. The number of benzene rings is 1. The molecule has 0 heterocycles. The van der Waals surface area contributed by atoms with Gasteiger partial charge in [0.2, 0.25) is 5.91 Å². The molecule has 4 nitrogen and oxygen atoms in total. The Morgan fingerprint density at radius 2 is 1.93 bits per heavy atom. The molecule has 78 valence electrons. The predicted octanol–water partition coefficient (Wildman–Crippen LogP) is 1.39. The van der Waals surface area contributed by atoms with Crippen LogP contribution in [-0.4, -0.2) is 17.0 Å². The van der Waals surface area contributed by atoms with Gasteiger partial charge in [-0.2, -0.15) is 0 Å². The van der Waals surface area contributed by atoms with Gasteiger partial charge in [-0.25, -0.2) is 4.79 Å². The minimum Gasteiger partial charge on any atom is -0.478 e. The number of carboxylic acid groups (broad SMARTS) is 1. The van der Waals surface area contributed by atoms with E-state index in [0.29, 0.717) is 0 Å². The van der Waals surface area contributed by atoms with Crippen LogP contribution >= 0.6 is 0 Å². The van der Waals surface area contributed by atoms with E-state index in [-0.39, 0.29) is 5.91 Å². The first-order valence-corrected chi connectivity index (χ1v) is 4.36. The van der Waals surface area contributed by atoms with E-state index in [1.54, 1.807) is 0 Å². The predicted molar refractivity (Wildman–Crippen MR) is 56.0 cm³/mol. The highest BCUT2D eigenvalue weighted by Crippen LogP contribution is 2.32. The normalized spacial score (nSPS) is 10.2. The summed E-state index contributed by atoms with van der Waals surface area (Å²) in [7, 11) is 0. The van der Waals surface area contributed by atoms with E-state index >= 15 is 0 Å². The first-order chi connectivity index (χ1) is 7.09. The smallest absolute Gasteiger partial charge is 0.329 e. The van der Waals surface area contributed by atoms with Crippen molar-refractivity contribution in [3.8, 4) is 11.1 Å². The molecule has 0 atom stereocenters. The molecule has 0 unspecified atom stereocenters. The van der Waals surface area contributed by atoms with Crippen LogP contribution in [0.1, 0.15) is 6.92 Å². The van der Waals surface area contributed by atoms with Gasteiger partial charge in [-0.15, -0.1) is 0 Å². The zero-order chi connectivity index (χ0) is 11.3. The van der Waals surface area contributed by atoms with Gasteiger partial charge in [0.05, 0.1) is 0 Å². The van der Waals surface area contributed by atoms with Crippen LogP contribution in [0.4, 0.5) is 0 Å². The summed E-state index contributed by atoms with van der Waals surface area (Å²) in [5.74, 6) is -1.36.